The molecule has 0 aliphatic rings. The molecule has 12 heavy (non-hydrogen) atoms. The quantitative estimate of drug-likeness (QED) is 0.428. The molecule has 3 nitrogen and oxygen atoms in total. The first-order chi connectivity index (χ1) is 5.77. The summed E-state index contributed by atoms with van der Waals surface area (Å²) in [5.74, 6) is 0. The van der Waals surface area contributed by atoms with Crippen LogP contribution in [0.25, 0.3) is 11.0 Å². The summed E-state index contributed by atoms with van der Waals surface area (Å²) in [6.45, 7) is 1.88. The minimum Gasteiger partial charge on any atom is -0.618 e. The second-order valence-corrected chi connectivity index (χ2v) is 2.75. The lowest BCUT2D eigenvalue weighted by atomic mass is 10.2. The van der Waals surface area contributed by atoms with Crippen molar-refractivity contribution < 1.29 is 4.73 Å². The minimum absolute atomic E-state index is 0.614. The predicted molar refractivity (Wildman–Crippen MR) is 45.4 cm³/mol. The molecule has 0 saturated heterocycles. The molecule has 0 bridgehead atoms. The molecule has 2 rings (SSSR count). The first-order valence-electron chi connectivity index (χ1n) is 3.72. The molecule has 2 aromatic heterocycles. The lowest BCUT2D eigenvalue weighted by molar-refractivity contribution is -0.577. The van der Waals surface area contributed by atoms with Crippen LogP contribution < -0.4 is 4.73 Å². The molecular formula is C9H8N2O. The molecule has 0 aliphatic heterocycles. The second-order valence-electron chi connectivity index (χ2n) is 2.75. The molecule has 0 N–H and O–H groups in total. The lowest BCUT2D eigenvalue weighted by Crippen LogP contribution is -2.26. The van der Waals surface area contributed by atoms with Crippen molar-refractivity contribution in [2.24, 2.45) is 0 Å². The van der Waals surface area contributed by atoms with Crippen LogP contribution in [0.3, 0.4) is 0 Å². The number of nitrogens with zero attached hydrogens (tertiary/aromatic N) is 2. The predicted octanol–water partition coefficient (Wildman–Crippen LogP) is 1.18. The zero-order valence-electron chi connectivity index (χ0n) is 6.69. The molecule has 2 aromatic rings. The van der Waals surface area contributed by atoms with Crippen molar-refractivity contribution in [3.05, 3.63) is 41.4 Å². The van der Waals surface area contributed by atoms with Gasteiger partial charge in [0.25, 0.3) is 0 Å². The van der Waals surface area contributed by atoms with Crippen molar-refractivity contribution in [1.29, 1.82) is 0 Å². The van der Waals surface area contributed by atoms with E-state index >= 15 is 0 Å². The largest absolute Gasteiger partial charge is 0.618 e. The maximum Gasteiger partial charge on any atom is 0.242 e. The molecule has 0 fully saturated rings. The molecule has 0 spiro atoms. The molecule has 60 valence electrons. The standard InChI is InChI=1S/C9H8N2O/c1-7-5-8-9(11(12)6-7)3-2-4-10-8/h2-6H,1H3. The molecule has 0 radical (unpaired) electrons. The SMILES string of the molecule is Cc1cc2ncccc2[n+]([O-])c1. The van der Waals surface area contributed by atoms with Crippen molar-refractivity contribution >= 4 is 11.0 Å². The summed E-state index contributed by atoms with van der Waals surface area (Å²) in [6.07, 6.45) is 3.23. The van der Waals surface area contributed by atoms with Crippen LogP contribution in [0.15, 0.2) is 30.6 Å². The van der Waals surface area contributed by atoms with E-state index in [2.05, 4.69) is 4.98 Å². The number of hydrogen-bond acceptors (Lipinski definition) is 2. The van der Waals surface area contributed by atoms with Gasteiger partial charge in [-0.15, -0.1) is 0 Å². The number of fused-ring (bicyclic) bond motifs is 1. The molecule has 2 heterocycles. The molecular weight excluding hydrogens is 152 g/mol. The molecule has 0 saturated carbocycles. The Morgan fingerprint density at radius 2 is 2.33 bits per heavy atom. The molecule has 0 atom stereocenters. The Labute approximate surface area is 69.9 Å². The smallest absolute Gasteiger partial charge is 0.242 e. The number of hydrogen-bond donors (Lipinski definition) is 0. The van der Waals surface area contributed by atoms with Gasteiger partial charge in [0.05, 0.1) is 0 Å². The van der Waals surface area contributed by atoms with Crippen molar-refractivity contribution in [1.82, 2.24) is 4.98 Å². The van der Waals surface area contributed by atoms with E-state index in [4.69, 9.17) is 0 Å². The van der Waals surface area contributed by atoms with Crippen LogP contribution in [-0.4, -0.2) is 4.98 Å². The maximum atomic E-state index is 11.3. The van der Waals surface area contributed by atoms with Crippen LogP contribution in [0.4, 0.5) is 0 Å². The summed E-state index contributed by atoms with van der Waals surface area (Å²) in [7, 11) is 0. The zero-order chi connectivity index (χ0) is 8.55. The highest BCUT2D eigenvalue weighted by atomic mass is 16.5. The highest BCUT2D eigenvalue weighted by molar-refractivity contribution is 5.70. The highest BCUT2D eigenvalue weighted by Gasteiger charge is 2.03. The van der Waals surface area contributed by atoms with Crippen LogP contribution in [0.5, 0.6) is 0 Å². The van der Waals surface area contributed by atoms with Crippen molar-refractivity contribution in [3.63, 3.8) is 0 Å². The van der Waals surface area contributed by atoms with E-state index in [1.165, 1.54) is 0 Å². The van der Waals surface area contributed by atoms with Gasteiger partial charge in [-0.3, -0.25) is 0 Å². The van der Waals surface area contributed by atoms with E-state index < -0.39 is 0 Å². The third kappa shape index (κ3) is 0.993. The average molecular weight is 160 g/mol. The summed E-state index contributed by atoms with van der Waals surface area (Å²) in [6, 6.07) is 5.41. The van der Waals surface area contributed by atoms with Gasteiger partial charge in [-0.2, -0.15) is 4.73 Å². The van der Waals surface area contributed by atoms with E-state index in [9.17, 15) is 5.21 Å². The Morgan fingerprint density at radius 1 is 1.50 bits per heavy atom. The van der Waals surface area contributed by atoms with Crippen LogP contribution in [-0.2, 0) is 0 Å². The zero-order valence-corrected chi connectivity index (χ0v) is 6.69. The Morgan fingerprint density at radius 3 is 3.17 bits per heavy atom. The molecule has 0 aromatic carbocycles. The Bertz CT molecular complexity index is 426. The van der Waals surface area contributed by atoms with Gasteiger partial charge in [-0.1, -0.05) is 0 Å². The first-order valence-corrected chi connectivity index (χ1v) is 3.72. The summed E-state index contributed by atoms with van der Waals surface area (Å²) >= 11 is 0. The van der Waals surface area contributed by atoms with Gasteiger partial charge in [0.2, 0.25) is 5.52 Å². The Kier molecular flexibility index (Phi) is 1.43. The van der Waals surface area contributed by atoms with Gasteiger partial charge in [-0.25, -0.2) is 4.98 Å². The molecule has 3 heteroatoms. The summed E-state index contributed by atoms with van der Waals surface area (Å²) in [5, 5.41) is 11.3. The lowest BCUT2D eigenvalue weighted by Gasteiger charge is -2.00. The number of aryl methyl sites for hydroxylation is 1. The van der Waals surface area contributed by atoms with E-state index in [-0.39, 0.29) is 0 Å². The van der Waals surface area contributed by atoms with Gasteiger partial charge in [0.15, 0.2) is 6.20 Å². The Balaban J connectivity index is 2.89. The fourth-order valence-corrected chi connectivity index (χ4v) is 1.21. The van der Waals surface area contributed by atoms with Gasteiger partial charge >= 0.3 is 0 Å². The number of rotatable bonds is 0. The monoisotopic (exact) mass is 160 g/mol. The van der Waals surface area contributed by atoms with Crippen LogP contribution in [0, 0.1) is 12.1 Å². The summed E-state index contributed by atoms with van der Waals surface area (Å²) < 4.78 is 0.845. The van der Waals surface area contributed by atoms with E-state index in [1.807, 2.05) is 13.0 Å². The minimum atomic E-state index is 0.614. The topological polar surface area (TPSA) is 39.8 Å². The Hall–Kier alpha value is -1.64. The van der Waals surface area contributed by atoms with Crippen LogP contribution >= 0.6 is 0 Å². The van der Waals surface area contributed by atoms with Crippen molar-refractivity contribution in [2.75, 3.05) is 0 Å². The number of aromatic nitrogens is 2. The summed E-state index contributed by atoms with van der Waals surface area (Å²) in [4.78, 5) is 4.08. The van der Waals surface area contributed by atoms with E-state index in [0.29, 0.717) is 5.52 Å². The van der Waals surface area contributed by atoms with Gasteiger partial charge in [-0.05, 0) is 19.1 Å². The molecule has 0 unspecified atom stereocenters. The van der Waals surface area contributed by atoms with Crippen molar-refractivity contribution in [2.45, 2.75) is 6.92 Å². The van der Waals surface area contributed by atoms with Gasteiger partial charge in [0, 0.05) is 17.8 Å². The number of pyridine rings is 2. The van der Waals surface area contributed by atoms with Gasteiger partial charge in [0.1, 0.15) is 5.52 Å². The fraction of sp³-hybridized carbons (Fsp3) is 0.111. The highest BCUT2D eigenvalue weighted by Crippen LogP contribution is 2.06. The van der Waals surface area contributed by atoms with Gasteiger partial charge < -0.3 is 5.21 Å². The van der Waals surface area contributed by atoms with E-state index in [1.54, 1.807) is 24.5 Å². The van der Waals surface area contributed by atoms with E-state index in [0.717, 1.165) is 15.8 Å². The van der Waals surface area contributed by atoms with Crippen LogP contribution in [0.2, 0.25) is 0 Å². The maximum absolute atomic E-state index is 11.3. The first kappa shape index (κ1) is 7.03. The third-order valence-corrected chi connectivity index (χ3v) is 1.74. The normalized spacial score (nSPS) is 10.4. The molecule has 0 amide bonds. The summed E-state index contributed by atoms with van der Waals surface area (Å²) in [5.41, 5.74) is 2.28. The average Bonchev–Trinajstić information content (AvgIpc) is 2.04. The van der Waals surface area contributed by atoms with Crippen LogP contribution in [0.1, 0.15) is 5.56 Å². The fourth-order valence-electron chi connectivity index (χ4n) is 1.21. The molecule has 0 aliphatic carbocycles. The van der Waals surface area contributed by atoms with Crippen molar-refractivity contribution in [3.8, 4) is 0 Å². The third-order valence-electron chi connectivity index (χ3n) is 1.74. The second kappa shape index (κ2) is 2.44.